The van der Waals surface area contributed by atoms with E-state index in [4.69, 9.17) is 26.2 Å². The first-order chi connectivity index (χ1) is 6.93. The van der Waals surface area contributed by atoms with Crippen LogP contribution in [0.5, 0.6) is 0 Å². The third-order valence-corrected chi connectivity index (χ3v) is 1.89. The van der Waals surface area contributed by atoms with E-state index in [0.717, 1.165) is 32.6 Å². The molecule has 0 heterocycles. The van der Waals surface area contributed by atoms with Crippen molar-refractivity contribution in [1.82, 2.24) is 0 Å². The highest BCUT2D eigenvalue weighted by Gasteiger charge is 2.21. The maximum atomic E-state index is 10.6. The van der Waals surface area contributed by atoms with Gasteiger partial charge in [-0.05, 0) is 37.3 Å². The Balaban J connectivity index is 0.000000423. The maximum absolute atomic E-state index is 10.6. The molecule has 0 bridgehead atoms. The molecule has 0 radical (unpaired) electrons. The molecule has 0 amide bonds. The van der Waals surface area contributed by atoms with E-state index in [0.29, 0.717) is 0 Å². The van der Waals surface area contributed by atoms with Crippen LogP contribution in [0.4, 0.5) is 0 Å². The molecular weight excluding hydrogens is 224 g/mol. The molecule has 86 valence electrons. The van der Waals surface area contributed by atoms with Crippen LogP contribution in [0, 0.1) is 0 Å². The van der Waals surface area contributed by atoms with Gasteiger partial charge < -0.3 is 9.84 Å². The largest absolute Gasteiger partial charge is 0.481 e. The average molecular weight is 237 g/mol. The Morgan fingerprint density at radius 1 is 1.27 bits per heavy atom. The van der Waals surface area contributed by atoms with Gasteiger partial charge in [-0.2, -0.15) is 0 Å². The van der Waals surface area contributed by atoms with Crippen molar-refractivity contribution in [2.45, 2.75) is 38.7 Å². The number of hydrogen-bond acceptors (Lipinski definition) is 4. The summed E-state index contributed by atoms with van der Waals surface area (Å²) in [6.45, 7) is 1.08. The minimum absolute atomic E-state index is 0.0785. The van der Waals surface area contributed by atoms with E-state index in [9.17, 15) is 9.59 Å². The van der Waals surface area contributed by atoms with Crippen molar-refractivity contribution in [2.24, 2.45) is 0 Å². The summed E-state index contributed by atoms with van der Waals surface area (Å²) in [4.78, 5) is 29.8. The van der Waals surface area contributed by atoms with Crippen molar-refractivity contribution >= 4 is 28.8 Å². The first-order valence-electron chi connectivity index (χ1n) is 4.53. The standard InChI is InChI=1S/C7H9ClO3.C2H4O2/c8-6(9)7(10)11-5-3-1-2-4-5;1-2(3)4/h5H,1-4H2;1H3,(H,3,4). The third-order valence-electron chi connectivity index (χ3n) is 1.74. The molecule has 0 aliphatic heterocycles. The summed E-state index contributed by atoms with van der Waals surface area (Å²) >= 11 is 4.89. The lowest BCUT2D eigenvalue weighted by Gasteiger charge is -2.07. The summed E-state index contributed by atoms with van der Waals surface area (Å²) in [5, 5.41) is 6.39. The van der Waals surface area contributed by atoms with Gasteiger partial charge in [0.15, 0.2) is 0 Å². The Labute approximate surface area is 92.4 Å². The van der Waals surface area contributed by atoms with Crippen LogP contribution in [-0.2, 0) is 19.1 Å². The Hall–Kier alpha value is -1.10. The van der Waals surface area contributed by atoms with Crippen molar-refractivity contribution in [2.75, 3.05) is 0 Å². The molecule has 5 nitrogen and oxygen atoms in total. The highest BCUT2D eigenvalue weighted by atomic mass is 35.5. The number of carboxylic acids is 1. The van der Waals surface area contributed by atoms with Crippen molar-refractivity contribution in [1.29, 1.82) is 0 Å². The van der Waals surface area contributed by atoms with Crippen LogP contribution >= 0.6 is 11.6 Å². The van der Waals surface area contributed by atoms with Crippen molar-refractivity contribution in [3.8, 4) is 0 Å². The molecule has 0 spiro atoms. The number of carbonyl (C=O) groups excluding carboxylic acids is 2. The topological polar surface area (TPSA) is 80.7 Å². The normalized spacial score (nSPS) is 15.1. The molecule has 0 aromatic carbocycles. The van der Waals surface area contributed by atoms with E-state index >= 15 is 0 Å². The second kappa shape index (κ2) is 7.23. The fourth-order valence-corrected chi connectivity index (χ4v) is 1.25. The molecule has 0 aromatic heterocycles. The summed E-state index contributed by atoms with van der Waals surface area (Å²) in [6, 6.07) is 0. The van der Waals surface area contributed by atoms with Gasteiger partial charge in [-0.3, -0.25) is 9.59 Å². The van der Waals surface area contributed by atoms with Crippen LogP contribution in [0.25, 0.3) is 0 Å². The summed E-state index contributed by atoms with van der Waals surface area (Å²) < 4.78 is 4.75. The SMILES string of the molecule is CC(=O)O.O=C(Cl)C(=O)OC1CCCC1. The van der Waals surface area contributed by atoms with Gasteiger partial charge in [0.05, 0.1) is 0 Å². The number of halogens is 1. The van der Waals surface area contributed by atoms with Gasteiger partial charge >= 0.3 is 11.2 Å². The van der Waals surface area contributed by atoms with E-state index < -0.39 is 17.2 Å². The van der Waals surface area contributed by atoms with Crippen LogP contribution in [-0.4, -0.2) is 28.4 Å². The van der Waals surface area contributed by atoms with Gasteiger partial charge in [-0.15, -0.1) is 0 Å². The molecule has 0 atom stereocenters. The Morgan fingerprint density at radius 3 is 2.00 bits per heavy atom. The summed E-state index contributed by atoms with van der Waals surface area (Å²) in [5.41, 5.74) is 0. The summed E-state index contributed by atoms with van der Waals surface area (Å²) in [7, 11) is 0. The predicted molar refractivity (Wildman–Crippen MR) is 52.5 cm³/mol. The monoisotopic (exact) mass is 236 g/mol. The van der Waals surface area contributed by atoms with Crippen molar-refractivity contribution in [3.05, 3.63) is 0 Å². The molecule has 1 aliphatic rings. The lowest BCUT2D eigenvalue weighted by Crippen LogP contribution is -2.18. The quantitative estimate of drug-likeness (QED) is 0.444. The van der Waals surface area contributed by atoms with Crippen molar-refractivity contribution in [3.63, 3.8) is 0 Å². The molecule has 1 saturated carbocycles. The number of carbonyl (C=O) groups is 3. The Bertz CT molecular complexity index is 241. The highest BCUT2D eigenvalue weighted by Crippen LogP contribution is 2.20. The number of ether oxygens (including phenoxy) is 1. The lowest BCUT2D eigenvalue weighted by atomic mass is 10.3. The van der Waals surface area contributed by atoms with Crippen LogP contribution in [0.15, 0.2) is 0 Å². The molecule has 0 saturated heterocycles. The molecule has 1 aliphatic carbocycles. The van der Waals surface area contributed by atoms with Crippen LogP contribution < -0.4 is 0 Å². The van der Waals surface area contributed by atoms with E-state index in [1.165, 1.54) is 0 Å². The smallest absolute Gasteiger partial charge is 0.391 e. The highest BCUT2D eigenvalue weighted by molar-refractivity contribution is 6.80. The number of aliphatic carboxylic acids is 1. The average Bonchev–Trinajstić information content (AvgIpc) is 2.55. The molecule has 0 unspecified atom stereocenters. The van der Waals surface area contributed by atoms with Crippen molar-refractivity contribution < 1.29 is 24.2 Å². The van der Waals surface area contributed by atoms with Gasteiger partial charge in [-0.1, -0.05) is 0 Å². The fourth-order valence-electron chi connectivity index (χ4n) is 1.20. The molecule has 15 heavy (non-hydrogen) atoms. The zero-order valence-electron chi connectivity index (χ0n) is 8.36. The molecular formula is C9H13ClO5. The second-order valence-corrected chi connectivity index (χ2v) is 3.45. The van der Waals surface area contributed by atoms with E-state index in [1.54, 1.807) is 0 Å². The molecule has 1 N–H and O–H groups in total. The number of rotatable bonds is 2. The Morgan fingerprint density at radius 2 is 1.67 bits per heavy atom. The van der Waals surface area contributed by atoms with E-state index in [-0.39, 0.29) is 6.10 Å². The van der Waals surface area contributed by atoms with E-state index in [1.807, 2.05) is 0 Å². The zero-order valence-corrected chi connectivity index (χ0v) is 9.12. The first-order valence-corrected chi connectivity index (χ1v) is 4.91. The van der Waals surface area contributed by atoms with Gasteiger partial charge in [0.2, 0.25) is 0 Å². The fraction of sp³-hybridized carbons (Fsp3) is 0.667. The summed E-state index contributed by atoms with van der Waals surface area (Å²) in [6.07, 6.45) is 3.76. The molecule has 1 rings (SSSR count). The molecule has 0 aromatic rings. The van der Waals surface area contributed by atoms with Crippen LogP contribution in [0.2, 0.25) is 0 Å². The van der Waals surface area contributed by atoms with Crippen LogP contribution in [0.3, 0.4) is 0 Å². The van der Waals surface area contributed by atoms with Gasteiger partial charge in [-0.25, -0.2) is 4.79 Å². The third kappa shape index (κ3) is 7.93. The Kier molecular flexibility index (Phi) is 6.70. The molecule has 6 heteroatoms. The second-order valence-electron chi connectivity index (χ2n) is 3.10. The predicted octanol–water partition coefficient (Wildman–Crippen LogP) is 1.33. The van der Waals surface area contributed by atoms with E-state index in [2.05, 4.69) is 0 Å². The zero-order chi connectivity index (χ0) is 11.8. The number of esters is 1. The van der Waals surface area contributed by atoms with Crippen LogP contribution in [0.1, 0.15) is 32.6 Å². The van der Waals surface area contributed by atoms with Gasteiger partial charge in [0.25, 0.3) is 5.97 Å². The van der Waals surface area contributed by atoms with Gasteiger partial charge in [0.1, 0.15) is 6.10 Å². The number of hydrogen-bond donors (Lipinski definition) is 1. The van der Waals surface area contributed by atoms with Gasteiger partial charge in [0, 0.05) is 6.92 Å². The number of carboxylic acid groups (broad SMARTS) is 1. The first kappa shape index (κ1) is 13.9. The maximum Gasteiger partial charge on any atom is 0.391 e. The minimum Gasteiger partial charge on any atom is -0.481 e. The minimum atomic E-state index is -1.03. The lowest BCUT2D eigenvalue weighted by molar-refractivity contribution is -0.154. The molecule has 1 fully saturated rings. The summed E-state index contributed by atoms with van der Waals surface area (Å²) in [5.74, 6) is -1.75.